The quantitative estimate of drug-likeness (QED) is 0.870. The van der Waals surface area contributed by atoms with E-state index < -0.39 is 10.3 Å². The monoisotopic (exact) mass is 315 g/mol. The molecule has 1 aliphatic heterocycles. The van der Waals surface area contributed by atoms with Crippen LogP contribution in [0.25, 0.3) is 0 Å². The van der Waals surface area contributed by atoms with Crippen molar-refractivity contribution in [3.63, 3.8) is 0 Å². The maximum Gasteiger partial charge on any atom is 0.381 e. The Morgan fingerprint density at radius 2 is 1.77 bits per heavy atom. The molecule has 0 fully saturated rings. The molecule has 1 atom stereocenters. The zero-order valence-corrected chi connectivity index (χ0v) is 13.1. The van der Waals surface area contributed by atoms with Gasteiger partial charge in [-0.15, -0.1) is 4.40 Å². The Labute approximate surface area is 130 Å². The number of aryl methyl sites for hydroxylation is 1. The van der Waals surface area contributed by atoms with Crippen molar-refractivity contribution in [3.8, 4) is 0 Å². The second kappa shape index (κ2) is 6.02. The summed E-state index contributed by atoms with van der Waals surface area (Å²) in [4.78, 5) is 0. The summed E-state index contributed by atoms with van der Waals surface area (Å²) in [7, 11) is -3.73. The second-order valence-electron chi connectivity index (χ2n) is 5.37. The highest BCUT2D eigenvalue weighted by atomic mass is 32.2. The lowest BCUT2D eigenvalue weighted by Gasteiger charge is -2.19. The molecule has 22 heavy (non-hydrogen) atoms. The smallest absolute Gasteiger partial charge is 0.246 e. The average Bonchev–Trinajstić information content (AvgIpc) is 2.86. The van der Waals surface area contributed by atoms with Crippen LogP contribution in [0.2, 0.25) is 0 Å². The fourth-order valence-corrected chi connectivity index (χ4v) is 3.54. The molecule has 1 heterocycles. The summed E-state index contributed by atoms with van der Waals surface area (Å²) in [6.45, 7) is 2.12. The van der Waals surface area contributed by atoms with Crippen molar-refractivity contribution in [1.82, 2.24) is 0 Å². The third-order valence-electron chi connectivity index (χ3n) is 3.82. The highest BCUT2D eigenvalue weighted by Crippen LogP contribution is 2.31. The first-order chi connectivity index (χ1) is 10.6. The van der Waals surface area contributed by atoms with Gasteiger partial charge in [-0.05, 0) is 23.6 Å². The lowest BCUT2D eigenvalue weighted by molar-refractivity contribution is 0.380. The van der Waals surface area contributed by atoms with Crippen LogP contribution < -0.4 is 0 Å². The summed E-state index contributed by atoms with van der Waals surface area (Å²) in [6, 6.07) is 18.2. The summed E-state index contributed by atoms with van der Waals surface area (Å²) < 4.78 is 31.1. The Kier molecular flexibility index (Phi) is 4.09. The minimum absolute atomic E-state index is 0.0531. The molecule has 3 rings (SSSR count). The molecule has 1 aliphatic rings. The highest BCUT2D eigenvalue weighted by Gasteiger charge is 2.25. The van der Waals surface area contributed by atoms with Crippen molar-refractivity contribution in [2.45, 2.75) is 19.3 Å². The molecule has 5 heteroatoms. The van der Waals surface area contributed by atoms with Gasteiger partial charge in [0.15, 0.2) is 0 Å². The molecule has 0 amide bonds. The van der Waals surface area contributed by atoms with E-state index in [1.165, 1.54) is 11.1 Å². The number of rotatable bonds is 4. The first-order valence-corrected chi connectivity index (χ1v) is 8.49. The molecule has 114 valence electrons. The molecule has 0 saturated heterocycles. The van der Waals surface area contributed by atoms with E-state index >= 15 is 0 Å². The molecule has 4 nitrogen and oxygen atoms in total. The van der Waals surface area contributed by atoms with E-state index in [4.69, 9.17) is 4.18 Å². The van der Waals surface area contributed by atoms with Crippen LogP contribution in [-0.2, 0) is 14.5 Å². The van der Waals surface area contributed by atoms with Gasteiger partial charge in [0.2, 0.25) is 0 Å². The summed E-state index contributed by atoms with van der Waals surface area (Å²) in [5, 5.41) is 0. The fourth-order valence-electron chi connectivity index (χ4n) is 2.76. The van der Waals surface area contributed by atoms with Gasteiger partial charge in [0.25, 0.3) is 0 Å². The van der Waals surface area contributed by atoms with E-state index in [9.17, 15) is 8.42 Å². The van der Waals surface area contributed by atoms with Gasteiger partial charge in [0, 0.05) is 12.3 Å². The fraction of sp³-hybridized carbons (Fsp3) is 0.235. The predicted octanol–water partition coefficient (Wildman–Crippen LogP) is 3.23. The van der Waals surface area contributed by atoms with Crippen LogP contribution in [0.3, 0.4) is 0 Å². The summed E-state index contributed by atoms with van der Waals surface area (Å²) in [5.74, 6) is 0.0676. The van der Waals surface area contributed by atoms with Crippen LogP contribution in [0.15, 0.2) is 59.0 Å². The van der Waals surface area contributed by atoms with E-state index in [1.54, 1.807) is 0 Å². The third-order valence-corrected chi connectivity index (χ3v) is 4.72. The summed E-state index contributed by atoms with van der Waals surface area (Å²) in [5.41, 5.74) is 4.07. The number of hydrogen-bond acceptors (Lipinski definition) is 3. The maximum absolute atomic E-state index is 11.4. The van der Waals surface area contributed by atoms with Gasteiger partial charge in [-0.25, -0.2) is 4.18 Å². The van der Waals surface area contributed by atoms with Crippen LogP contribution in [0.4, 0.5) is 0 Å². The average molecular weight is 315 g/mol. The normalized spacial score (nSPS) is 18.0. The molecular weight excluding hydrogens is 298 g/mol. The topological polar surface area (TPSA) is 55.7 Å². The lowest BCUT2D eigenvalue weighted by atomic mass is 9.85. The Balaban J connectivity index is 2.00. The van der Waals surface area contributed by atoms with Crippen molar-refractivity contribution in [2.75, 3.05) is 6.61 Å². The van der Waals surface area contributed by atoms with E-state index in [0.29, 0.717) is 12.1 Å². The van der Waals surface area contributed by atoms with Crippen LogP contribution >= 0.6 is 0 Å². The van der Waals surface area contributed by atoms with Gasteiger partial charge in [0.05, 0.1) is 5.71 Å². The molecule has 2 aromatic rings. The van der Waals surface area contributed by atoms with Gasteiger partial charge >= 0.3 is 10.3 Å². The molecule has 0 spiro atoms. The number of benzene rings is 2. The Hall–Kier alpha value is -1.98. The maximum atomic E-state index is 11.4. The Morgan fingerprint density at radius 1 is 1.09 bits per heavy atom. The third kappa shape index (κ3) is 3.26. The first-order valence-electron chi connectivity index (χ1n) is 7.13. The molecule has 0 radical (unpaired) electrons. The molecular formula is C17H17NO3S. The van der Waals surface area contributed by atoms with Gasteiger partial charge in [0.1, 0.15) is 6.61 Å². The van der Waals surface area contributed by atoms with E-state index in [0.717, 1.165) is 5.56 Å². The highest BCUT2D eigenvalue weighted by molar-refractivity contribution is 7.85. The van der Waals surface area contributed by atoms with Gasteiger partial charge in [-0.3, -0.25) is 0 Å². The molecule has 0 saturated carbocycles. The van der Waals surface area contributed by atoms with Gasteiger partial charge < -0.3 is 0 Å². The minimum Gasteiger partial charge on any atom is -0.246 e. The van der Waals surface area contributed by atoms with Crippen LogP contribution in [0.1, 0.15) is 29.0 Å². The van der Waals surface area contributed by atoms with E-state index in [-0.39, 0.29) is 12.5 Å². The molecule has 0 bridgehead atoms. The Bertz CT molecular complexity index is 798. The molecule has 0 aliphatic carbocycles. The largest absolute Gasteiger partial charge is 0.381 e. The van der Waals surface area contributed by atoms with Crippen molar-refractivity contribution in [1.29, 1.82) is 0 Å². The summed E-state index contributed by atoms with van der Waals surface area (Å²) in [6.07, 6.45) is 0.536. The van der Waals surface area contributed by atoms with Crippen LogP contribution in [-0.4, -0.2) is 20.7 Å². The SMILES string of the molecule is Cc1ccccc1[C@H](CC1=NS(=O)(=O)OC1)c1ccccc1. The van der Waals surface area contributed by atoms with Crippen molar-refractivity contribution in [3.05, 3.63) is 71.3 Å². The minimum atomic E-state index is -3.73. The molecule has 0 aromatic heterocycles. The van der Waals surface area contributed by atoms with Gasteiger partial charge in [-0.2, -0.15) is 8.42 Å². The Morgan fingerprint density at radius 3 is 2.41 bits per heavy atom. The predicted molar refractivity (Wildman–Crippen MR) is 86.4 cm³/mol. The number of hydrogen-bond donors (Lipinski definition) is 0. The lowest BCUT2D eigenvalue weighted by Crippen LogP contribution is -2.11. The molecule has 2 aromatic carbocycles. The zero-order chi connectivity index (χ0) is 15.6. The van der Waals surface area contributed by atoms with Crippen molar-refractivity contribution >= 4 is 16.0 Å². The number of nitrogens with zero attached hydrogens (tertiary/aromatic N) is 1. The van der Waals surface area contributed by atoms with Crippen molar-refractivity contribution < 1.29 is 12.6 Å². The zero-order valence-electron chi connectivity index (χ0n) is 12.3. The second-order valence-corrected chi connectivity index (χ2v) is 6.65. The van der Waals surface area contributed by atoms with Crippen molar-refractivity contribution in [2.24, 2.45) is 4.40 Å². The van der Waals surface area contributed by atoms with Crippen LogP contribution in [0, 0.1) is 6.92 Å². The van der Waals surface area contributed by atoms with E-state index in [1.807, 2.05) is 30.3 Å². The van der Waals surface area contributed by atoms with E-state index in [2.05, 4.69) is 35.6 Å². The molecule has 0 N–H and O–H groups in total. The van der Waals surface area contributed by atoms with Crippen LogP contribution in [0.5, 0.6) is 0 Å². The van der Waals surface area contributed by atoms with Gasteiger partial charge in [-0.1, -0.05) is 54.6 Å². The molecule has 0 unspecified atom stereocenters. The standard InChI is InChI=1S/C17H17NO3S/c1-13-7-5-6-10-16(13)17(14-8-3-2-4-9-14)11-15-12-21-22(19,20)18-15/h2-10,17H,11-12H2,1H3/t17-/m1/s1. The summed E-state index contributed by atoms with van der Waals surface area (Å²) >= 11 is 0. The first kappa shape index (κ1) is 14.9.